The highest BCUT2D eigenvalue weighted by atomic mass is 16.6. The zero-order valence-electron chi connectivity index (χ0n) is 15.2. The van der Waals surface area contributed by atoms with Gasteiger partial charge in [0.2, 0.25) is 0 Å². The highest BCUT2D eigenvalue weighted by Gasteiger charge is 2.29. The van der Waals surface area contributed by atoms with E-state index in [4.69, 9.17) is 9.47 Å². The molecule has 0 aromatic carbocycles. The van der Waals surface area contributed by atoms with Crippen molar-refractivity contribution >= 4 is 6.09 Å². The van der Waals surface area contributed by atoms with Gasteiger partial charge in [-0.3, -0.25) is 0 Å². The number of hydrogen-bond acceptors (Lipinski definition) is 4. The molecule has 1 aliphatic heterocycles. The number of nitrogens with one attached hydrogen (secondary N) is 2. The quantitative estimate of drug-likeness (QED) is 0.833. The summed E-state index contributed by atoms with van der Waals surface area (Å²) in [6, 6.07) is 0.827. The average molecular weight is 326 g/mol. The molecule has 1 heterocycles. The van der Waals surface area contributed by atoms with Crippen LogP contribution in [0.1, 0.15) is 66.2 Å². The van der Waals surface area contributed by atoms with Gasteiger partial charge in [0.15, 0.2) is 0 Å². The average Bonchev–Trinajstić information content (AvgIpc) is 2.45. The maximum atomic E-state index is 11.8. The molecular weight excluding hydrogens is 292 g/mol. The SMILES string of the molecule is CC1(CNC2CCC(NC(=O)OC(C)(C)C)CC2)CCOCC1. The summed E-state index contributed by atoms with van der Waals surface area (Å²) in [5.41, 5.74) is -0.0497. The Morgan fingerprint density at radius 2 is 1.70 bits per heavy atom. The Morgan fingerprint density at radius 1 is 1.13 bits per heavy atom. The molecule has 0 aromatic rings. The molecule has 23 heavy (non-hydrogen) atoms. The Bertz CT molecular complexity index is 378. The Kier molecular flexibility index (Phi) is 6.32. The highest BCUT2D eigenvalue weighted by Crippen LogP contribution is 2.29. The van der Waals surface area contributed by atoms with Crippen molar-refractivity contribution in [3.8, 4) is 0 Å². The van der Waals surface area contributed by atoms with Crippen molar-refractivity contribution in [1.29, 1.82) is 0 Å². The minimum absolute atomic E-state index is 0.251. The van der Waals surface area contributed by atoms with Crippen LogP contribution in [0.3, 0.4) is 0 Å². The topological polar surface area (TPSA) is 59.6 Å². The van der Waals surface area contributed by atoms with Crippen LogP contribution in [0.4, 0.5) is 4.79 Å². The van der Waals surface area contributed by atoms with Gasteiger partial charge in [0.05, 0.1) is 0 Å². The van der Waals surface area contributed by atoms with Crippen LogP contribution in [0.25, 0.3) is 0 Å². The first-order valence-electron chi connectivity index (χ1n) is 9.06. The maximum absolute atomic E-state index is 11.8. The van der Waals surface area contributed by atoms with E-state index in [0.717, 1.165) is 58.3 Å². The third-order valence-corrected chi connectivity index (χ3v) is 4.97. The van der Waals surface area contributed by atoms with Gasteiger partial charge in [-0.2, -0.15) is 0 Å². The fourth-order valence-electron chi connectivity index (χ4n) is 3.35. The maximum Gasteiger partial charge on any atom is 0.407 e. The molecule has 0 radical (unpaired) electrons. The van der Waals surface area contributed by atoms with Gasteiger partial charge in [-0.1, -0.05) is 6.92 Å². The van der Waals surface area contributed by atoms with Crippen molar-refractivity contribution in [3.63, 3.8) is 0 Å². The van der Waals surface area contributed by atoms with Crippen LogP contribution in [-0.2, 0) is 9.47 Å². The number of ether oxygens (including phenoxy) is 2. The molecule has 2 fully saturated rings. The van der Waals surface area contributed by atoms with Crippen LogP contribution in [-0.4, -0.2) is 43.5 Å². The minimum Gasteiger partial charge on any atom is -0.444 e. The third-order valence-electron chi connectivity index (χ3n) is 4.97. The minimum atomic E-state index is -0.429. The molecule has 1 amide bonds. The van der Waals surface area contributed by atoms with Gasteiger partial charge in [0, 0.05) is 31.8 Å². The lowest BCUT2D eigenvalue weighted by Gasteiger charge is -2.37. The van der Waals surface area contributed by atoms with Crippen molar-refractivity contribution in [2.75, 3.05) is 19.8 Å². The summed E-state index contributed by atoms with van der Waals surface area (Å²) in [6.45, 7) is 10.9. The van der Waals surface area contributed by atoms with Gasteiger partial charge in [-0.15, -0.1) is 0 Å². The van der Waals surface area contributed by atoms with Crippen LogP contribution in [0.15, 0.2) is 0 Å². The van der Waals surface area contributed by atoms with E-state index < -0.39 is 5.60 Å². The molecule has 1 saturated carbocycles. The molecule has 0 spiro atoms. The lowest BCUT2D eigenvalue weighted by molar-refractivity contribution is 0.0221. The standard InChI is InChI=1S/C18H34N2O3/c1-17(2,3)23-16(21)20-15-7-5-14(6-8-15)19-13-18(4)9-11-22-12-10-18/h14-15,19H,5-13H2,1-4H3,(H,20,21). The van der Waals surface area contributed by atoms with Gasteiger partial charge >= 0.3 is 6.09 Å². The molecule has 5 nitrogen and oxygen atoms in total. The third kappa shape index (κ3) is 6.68. The van der Waals surface area contributed by atoms with E-state index in [1.165, 1.54) is 0 Å². The lowest BCUT2D eigenvalue weighted by Crippen LogP contribution is -2.46. The number of rotatable bonds is 4. The zero-order chi connectivity index (χ0) is 16.9. The second kappa shape index (κ2) is 7.84. The van der Waals surface area contributed by atoms with E-state index in [2.05, 4.69) is 17.6 Å². The summed E-state index contributed by atoms with van der Waals surface area (Å²) in [5.74, 6) is 0. The number of alkyl carbamates (subject to hydrolysis) is 1. The molecule has 0 atom stereocenters. The molecule has 1 aliphatic carbocycles. The number of carbonyl (C=O) groups excluding carboxylic acids is 1. The van der Waals surface area contributed by atoms with E-state index in [9.17, 15) is 4.79 Å². The highest BCUT2D eigenvalue weighted by molar-refractivity contribution is 5.68. The van der Waals surface area contributed by atoms with E-state index in [1.807, 2.05) is 20.8 Å². The molecular formula is C18H34N2O3. The normalized spacial score (nSPS) is 28.2. The molecule has 0 bridgehead atoms. The zero-order valence-corrected chi connectivity index (χ0v) is 15.2. The number of amides is 1. The van der Waals surface area contributed by atoms with Crippen LogP contribution in [0.5, 0.6) is 0 Å². The summed E-state index contributed by atoms with van der Waals surface area (Å²) in [4.78, 5) is 11.8. The monoisotopic (exact) mass is 326 g/mol. The predicted octanol–water partition coefficient (Wildman–Crippen LogP) is 3.23. The molecule has 0 unspecified atom stereocenters. The van der Waals surface area contributed by atoms with Crippen LogP contribution in [0.2, 0.25) is 0 Å². The van der Waals surface area contributed by atoms with Gasteiger partial charge in [0.1, 0.15) is 5.60 Å². The number of hydrogen-bond donors (Lipinski definition) is 2. The Hall–Kier alpha value is -0.810. The van der Waals surface area contributed by atoms with E-state index in [-0.39, 0.29) is 12.1 Å². The van der Waals surface area contributed by atoms with E-state index >= 15 is 0 Å². The van der Waals surface area contributed by atoms with Crippen molar-refractivity contribution < 1.29 is 14.3 Å². The van der Waals surface area contributed by atoms with Crippen molar-refractivity contribution in [2.24, 2.45) is 5.41 Å². The van der Waals surface area contributed by atoms with E-state index in [1.54, 1.807) is 0 Å². The molecule has 2 aliphatic rings. The van der Waals surface area contributed by atoms with Crippen molar-refractivity contribution in [2.45, 2.75) is 83.9 Å². The van der Waals surface area contributed by atoms with Crippen LogP contribution in [0, 0.1) is 5.41 Å². The lowest BCUT2D eigenvalue weighted by atomic mass is 9.81. The second-order valence-corrected chi connectivity index (χ2v) is 8.50. The second-order valence-electron chi connectivity index (χ2n) is 8.50. The Balaban J connectivity index is 1.65. The predicted molar refractivity (Wildman–Crippen MR) is 91.6 cm³/mol. The van der Waals surface area contributed by atoms with Gasteiger partial charge in [0.25, 0.3) is 0 Å². The van der Waals surface area contributed by atoms with Crippen molar-refractivity contribution in [1.82, 2.24) is 10.6 Å². The summed E-state index contributed by atoms with van der Waals surface area (Å²) in [6.07, 6.45) is 6.29. The fraction of sp³-hybridized carbons (Fsp3) is 0.944. The van der Waals surface area contributed by atoms with Crippen LogP contribution < -0.4 is 10.6 Å². The first-order valence-corrected chi connectivity index (χ1v) is 9.06. The largest absolute Gasteiger partial charge is 0.444 e. The molecule has 2 N–H and O–H groups in total. The number of carbonyl (C=O) groups is 1. The smallest absolute Gasteiger partial charge is 0.407 e. The Morgan fingerprint density at radius 3 is 2.26 bits per heavy atom. The first-order chi connectivity index (χ1) is 10.8. The van der Waals surface area contributed by atoms with Gasteiger partial charge in [-0.05, 0) is 64.7 Å². The van der Waals surface area contributed by atoms with E-state index in [0.29, 0.717) is 11.5 Å². The molecule has 5 heteroatoms. The summed E-state index contributed by atoms with van der Waals surface area (Å²) in [5, 5.41) is 6.75. The molecule has 1 saturated heterocycles. The Labute approximate surface area is 140 Å². The molecule has 0 aromatic heterocycles. The van der Waals surface area contributed by atoms with Gasteiger partial charge < -0.3 is 20.1 Å². The summed E-state index contributed by atoms with van der Waals surface area (Å²) in [7, 11) is 0. The molecule has 2 rings (SSSR count). The first kappa shape index (κ1) is 18.5. The van der Waals surface area contributed by atoms with Crippen LogP contribution >= 0.6 is 0 Å². The molecule has 134 valence electrons. The van der Waals surface area contributed by atoms with Crippen molar-refractivity contribution in [3.05, 3.63) is 0 Å². The summed E-state index contributed by atoms with van der Waals surface area (Å²) >= 11 is 0. The fourth-order valence-corrected chi connectivity index (χ4v) is 3.35. The van der Waals surface area contributed by atoms with Gasteiger partial charge in [-0.25, -0.2) is 4.79 Å². The summed E-state index contributed by atoms with van der Waals surface area (Å²) < 4.78 is 10.8.